The number of anilines is 1. The van der Waals surface area contributed by atoms with E-state index in [0.717, 1.165) is 3.57 Å². The van der Waals surface area contributed by atoms with E-state index in [0.29, 0.717) is 11.4 Å². The maximum atomic E-state index is 12.4. The number of methoxy groups -OCH3 is 2. The van der Waals surface area contributed by atoms with E-state index in [1.807, 2.05) is 6.07 Å². The number of hydrogen-bond donors (Lipinski definition) is 2. The Labute approximate surface area is 147 Å². The van der Waals surface area contributed by atoms with Gasteiger partial charge >= 0.3 is 5.97 Å². The summed E-state index contributed by atoms with van der Waals surface area (Å²) < 4.78 is 10.9. The zero-order valence-electron chi connectivity index (χ0n) is 12.8. The van der Waals surface area contributed by atoms with Crippen LogP contribution in [-0.4, -0.2) is 55.8 Å². The first kappa shape index (κ1) is 17.5. The van der Waals surface area contributed by atoms with Crippen molar-refractivity contribution >= 4 is 40.2 Å². The first-order valence-corrected chi connectivity index (χ1v) is 7.91. The molecule has 0 saturated heterocycles. The Balaban J connectivity index is 2.33. The van der Waals surface area contributed by atoms with Crippen LogP contribution in [0.2, 0.25) is 0 Å². The second-order valence-electron chi connectivity index (χ2n) is 4.77. The summed E-state index contributed by atoms with van der Waals surface area (Å²) in [5.41, 5.74) is 1.02. The smallest absolute Gasteiger partial charge is 0.337 e. The van der Waals surface area contributed by atoms with E-state index in [1.54, 1.807) is 19.2 Å². The van der Waals surface area contributed by atoms with Crippen LogP contribution in [0.3, 0.4) is 0 Å². The molecule has 1 aromatic rings. The van der Waals surface area contributed by atoms with Crippen molar-refractivity contribution in [2.75, 3.05) is 39.2 Å². The quantitative estimate of drug-likeness (QED) is 0.515. The SMILES string of the molecule is COC(=O)C1=C(Nc2ccc(I)c(OC)c2)C(=O)N(CCO)C1. The van der Waals surface area contributed by atoms with Gasteiger partial charge in [0.05, 0.1) is 36.5 Å². The molecule has 0 spiro atoms. The highest BCUT2D eigenvalue weighted by Gasteiger charge is 2.34. The minimum atomic E-state index is -0.571. The van der Waals surface area contributed by atoms with Crippen molar-refractivity contribution in [3.63, 3.8) is 0 Å². The van der Waals surface area contributed by atoms with E-state index in [9.17, 15) is 9.59 Å². The highest BCUT2D eigenvalue weighted by atomic mass is 127. The summed E-state index contributed by atoms with van der Waals surface area (Å²) in [5, 5.41) is 12.0. The number of hydrogen-bond acceptors (Lipinski definition) is 6. The summed E-state index contributed by atoms with van der Waals surface area (Å²) in [5.74, 6) is -0.260. The highest BCUT2D eigenvalue weighted by Crippen LogP contribution is 2.27. The van der Waals surface area contributed by atoms with E-state index >= 15 is 0 Å². The first-order chi connectivity index (χ1) is 11.0. The zero-order valence-corrected chi connectivity index (χ0v) is 14.9. The average Bonchev–Trinajstić information content (AvgIpc) is 2.85. The molecule has 1 aliphatic rings. The van der Waals surface area contributed by atoms with Crippen LogP contribution in [0.15, 0.2) is 29.5 Å². The molecule has 0 saturated carbocycles. The summed E-state index contributed by atoms with van der Waals surface area (Å²) in [7, 11) is 2.82. The number of aliphatic hydroxyl groups is 1. The van der Waals surface area contributed by atoms with Crippen LogP contribution in [0.5, 0.6) is 5.75 Å². The fourth-order valence-corrected chi connectivity index (χ4v) is 2.79. The Kier molecular flexibility index (Phi) is 5.83. The van der Waals surface area contributed by atoms with Crippen molar-refractivity contribution < 1.29 is 24.2 Å². The van der Waals surface area contributed by atoms with Gasteiger partial charge in [-0.25, -0.2) is 4.79 Å². The molecular weight excluding hydrogens is 415 g/mol. The maximum absolute atomic E-state index is 12.4. The van der Waals surface area contributed by atoms with Crippen LogP contribution in [0.25, 0.3) is 0 Å². The van der Waals surface area contributed by atoms with Gasteiger partial charge in [0.15, 0.2) is 0 Å². The second-order valence-corrected chi connectivity index (χ2v) is 5.93. The van der Waals surface area contributed by atoms with E-state index < -0.39 is 5.97 Å². The number of halogens is 1. The van der Waals surface area contributed by atoms with Crippen molar-refractivity contribution in [2.45, 2.75) is 0 Å². The molecule has 1 aromatic carbocycles. The van der Waals surface area contributed by atoms with Gasteiger partial charge in [-0.05, 0) is 34.7 Å². The molecule has 0 fully saturated rings. The Hall–Kier alpha value is -1.81. The standard InChI is InChI=1S/C15H17IN2O5/c1-22-12-7-9(3-4-11(12)16)17-13-10(15(21)23-2)8-18(5-6-19)14(13)20/h3-4,7,17,19H,5-6,8H2,1-2H3. The Morgan fingerprint density at radius 3 is 2.78 bits per heavy atom. The van der Waals surface area contributed by atoms with E-state index in [4.69, 9.17) is 14.6 Å². The maximum Gasteiger partial charge on any atom is 0.337 e. The summed E-state index contributed by atoms with van der Waals surface area (Å²) >= 11 is 2.14. The number of aliphatic hydroxyl groups excluding tert-OH is 1. The number of carbonyl (C=O) groups is 2. The second kappa shape index (κ2) is 7.64. The lowest BCUT2D eigenvalue weighted by molar-refractivity contribution is -0.136. The molecule has 2 rings (SSSR count). The summed E-state index contributed by atoms with van der Waals surface area (Å²) in [4.78, 5) is 25.7. The number of rotatable bonds is 6. The minimum Gasteiger partial charge on any atom is -0.496 e. The zero-order chi connectivity index (χ0) is 17.0. The lowest BCUT2D eigenvalue weighted by Crippen LogP contribution is -2.31. The van der Waals surface area contributed by atoms with Gasteiger partial charge in [-0.15, -0.1) is 0 Å². The number of esters is 1. The Morgan fingerprint density at radius 2 is 2.17 bits per heavy atom. The van der Waals surface area contributed by atoms with Crippen LogP contribution in [0.4, 0.5) is 5.69 Å². The van der Waals surface area contributed by atoms with Crippen LogP contribution >= 0.6 is 22.6 Å². The molecule has 8 heteroatoms. The van der Waals surface area contributed by atoms with Crippen LogP contribution in [0, 0.1) is 3.57 Å². The number of ether oxygens (including phenoxy) is 2. The molecule has 0 aromatic heterocycles. The van der Waals surface area contributed by atoms with Gasteiger partial charge in [-0.2, -0.15) is 0 Å². The molecule has 1 amide bonds. The lowest BCUT2D eigenvalue weighted by atomic mass is 10.2. The van der Waals surface area contributed by atoms with Gasteiger partial charge in [0.25, 0.3) is 5.91 Å². The molecule has 0 atom stereocenters. The van der Waals surface area contributed by atoms with Gasteiger partial charge < -0.3 is 24.8 Å². The molecule has 23 heavy (non-hydrogen) atoms. The normalized spacial score (nSPS) is 14.3. The van der Waals surface area contributed by atoms with Crippen LogP contribution < -0.4 is 10.1 Å². The molecule has 0 bridgehead atoms. The van der Waals surface area contributed by atoms with Crippen LogP contribution in [-0.2, 0) is 14.3 Å². The van der Waals surface area contributed by atoms with Gasteiger partial charge in [0, 0.05) is 18.3 Å². The molecule has 0 aliphatic carbocycles. The molecular formula is C15H17IN2O5. The van der Waals surface area contributed by atoms with Gasteiger partial charge in [0.2, 0.25) is 0 Å². The van der Waals surface area contributed by atoms with E-state index in [1.165, 1.54) is 12.0 Å². The lowest BCUT2D eigenvalue weighted by Gasteiger charge is -2.15. The third-order valence-corrected chi connectivity index (χ3v) is 4.27. The summed E-state index contributed by atoms with van der Waals surface area (Å²) in [6.07, 6.45) is 0. The number of amides is 1. The van der Waals surface area contributed by atoms with Gasteiger partial charge in [-0.3, -0.25) is 4.79 Å². The molecule has 0 unspecified atom stereocenters. The molecule has 1 aliphatic heterocycles. The monoisotopic (exact) mass is 432 g/mol. The van der Waals surface area contributed by atoms with E-state index in [-0.39, 0.29) is 36.9 Å². The third kappa shape index (κ3) is 3.75. The molecule has 2 N–H and O–H groups in total. The molecule has 124 valence electrons. The minimum absolute atomic E-state index is 0.107. The molecule has 1 heterocycles. The Bertz CT molecular complexity index is 659. The van der Waals surface area contributed by atoms with Crippen molar-refractivity contribution in [1.82, 2.24) is 4.90 Å². The van der Waals surface area contributed by atoms with Gasteiger partial charge in [-0.1, -0.05) is 0 Å². The number of carbonyl (C=O) groups excluding carboxylic acids is 2. The molecule has 0 radical (unpaired) electrons. The topological polar surface area (TPSA) is 88.1 Å². The van der Waals surface area contributed by atoms with E-state index in [2.05, 4.69) is 27.9 Å². The van der Waals surface area contributed by atoms with Crippen LogP contribution in [0.1, 0.15) is 0 Å². The fraction of sp³-hybridized carbons (Fsp3) is 0.333. The number of nitrogens with zero attached hydrogens (tertiary/aromatic N) is 1. The predicted molar refractivity (Wildman–Crippen MR) is 92.0 cm³/mol. The van der Waals surface area contributed by atoms with Crippen molar-refractivity contribution in [1.29, 1.82) is 0 Å². The third-order valence-electron chi connectivity index (χ3n) is 3.37. The fourth-order valence-electron chi connectivity index (χ4n) is 2.23. The number of nitrogens with one attached hydrogen (secondary N) is 1. The number of benzene rings is 1. The Morgan fingerprint density at radius 1 is 1.43 bits per heavy atom. The highest BCUT2D eigenvalue weighted by molar-refractivity contribution is 14.1. The van der Waals surface area contributed by atoms with Crippen molar-refractivity contribution in [2.24, 2.45) is 0 Å². The average molecular weight is 432 g/mol. The summed E-state index contributed by atoms with van der Waals surface area (Å²) in [6.45, 7) is 0.0846. The van der Waals surface area contributed by atoms with Crippen molar-refractivity contribution in [3.8, 4) is 5.75 Å². The summed E-state index contributed by atoms with van der Waals surface area (Å²) in [6, 6.07) is 5.37. The van der Waals surface area contributed by atoms with Crippen molar-refractivity contribution in [3.05, 3.63) is 33.0 Å². The van der Waals surface area contributed by atoms with Gasteiger partial charge in [0.1, 0.15) is 11.4 Å². The predicted octanol–water partition coefficient (Wildman–Crippen LogP) is 0.973. The molecule has 7 nitrogen and oxygen atoms in total. The first-order valence-electron chi connectivity index (χ1n) is 6.84. The number of β-amino-alcohol motifs (C(OH)–C–C–N with tert-alkyl or cyclic N) is 1. The largest absolute Gasteiger partial charge is 0.496 e.